The van der Waals surface area contributed by atoms with Crippen molar-refractivity contribution in [2.75, 3.05) is 50.7 Å². The zero-order valence-corrected chi connectivity index (χ0v) is 34.7. The highest BCUT2D eigenvalue weighted by Crippen LogP contribution is 2.49. The summed E-state index contributed by atoms with van der Waals surface area (Å²) in [6, 6.07) is 23.0. The molecule has 2 fully saturated rings. The number of hydrogen-bond donors (Lipinski definition) is 2. The number of allylic oxidation sites excluding steroid dienone is 5. The van der Waals surface area contributed by atoms with Gasteiger partial charge in [-0.25, -0.2) is 0 Å². The second-order valence-electron chi connectivity index (χ2n) is 17.5. The van der Waals surface area contributed by atoms with Crippen molar-refractivity contribution in [3.8, 4) is 5.75 Å². The number of benzene rings is 3. The minimum absolute atomic E-state index is 0.370. The van der Waals surface area contributed by atoms with Gasteiger partial charge in [0.2, 0.25) is 0 Å². The second kappa shape index (κ2) is 17.4. The van der Waals surface area contributed by atoms with Crippen molar-refractivity contribution in [2.24, 2.45) is 5.92 Å². The molecular formula is C51H65N5O. The fourth-order valence-electron chi connectivity index (χ4n) is 10.5. The lowest BCUT2D eigenvalue weighted by atomic mass is 9.67. The highest BCUT2D eigenvalue weighted by atomic mass is 16.3. The van der Waals surface area contributed by atoms with Gasteiger partial charge >= 0.3 is 0 Å². The van der Waals surface area contributed by atoms with E-state index >= 15 is 0 Å². The van der Waals surface area contributed by atoms with Crippen molar-refractivity contribution in [1.82, 2.24) is 20.0 Å². The number of phenols is 1. The van der Waals surface area contributed by atoms with E-state index in [1.807, 2.05) is 12.1 Å². The van der Waals surface area contributed by atoms with E-state index in [-0.39, 0.29) is 0 Å². The number of aryl methyl sites for hydroxylation is 2. The number of rotatable bonds is 13. The largest absolute Gasteiger partial charge is 0.508 e. The minimum atomic E-state index is 0.370. The molecule has 0 spiro atoms. The molecule has 8 rings (SSSR count). The van der Waals surface area contributed by atoms with E-state index in [0.717, 1.165) is 95.0 Å². The maximum absolute atomic E-state index is 10.3. The maximum atomic E-state index is 10.3. The molecule has 2 N–H and O–H groups in total. The number of anilines is 1. The first-order chi connectivity index (χ1) is 27.8. The van der Waals surface area contributed by atoms with E-state index in [1.54, 1.807) is 11.8 Å². The summed E-state index contributed by atoms with van der Waals surface area (Å²) in [7, 11) is 0. The standard InChI is InChI=1S/C51H65N5O/c1-6-39-10-12-41(13-11-39)49-21-16-43-33-47(57)20-23-50(43)51(49)42-14-17-45(18-15-42)54-26-24-40(25-27-54)34-53-28-30-55(31-29-53)46-19-22-48-38(5)56(35-44(48)32-46)37(4)9-8-36(3)52-7-2/h7,10-14,17,19-20,22-23,32-33,37,40,49,51-52,57H,2-3,5-6,8-9,15-16,18,21,24-31,34-35H2,1,4H3. The molecular weight excluding hydrogens is 699 g/mol. The van der Waals surface area contributed by atoms with E-state index in [4.69, 9.17) is 0 Å². The normalized spacial score (nSPS) is 22.1. The van der Waals surface area contributed by atoms with Crippen LogP contribution in [0, 0.1) is 5.92 Å². The van der Waals surface area contributed by atoms with Gasteiger partial charge in [-0.05, 0) is 141 Å². The molecule has 3 aliphatic heterocycles. The zero-order chi connectivity index (χ0) is 39.5. The van der Waals surface area contributed by atoms with Gasteiger partial charge in [0.05, 0.1) is 0 Å². The Labute approximate surface area is 342 Å². The van der Waals surface area contributed by atoms with Crippen molar-refractivity contribution in [2.45, 2.75) is 96.1 Å². The van der Waals surface area contributed by atoms with Gasteiger partial charge in [-0.3, -0.25) is 4.90 Å². The van der Waals surface area contributed by atoms with Gasteiger partial charge in [0.15, 0.2) is 0 Å². The van der Waals surface area contributed by atoms with Crippen LogP contribution >= 0.6 is 0 Å². The average molecular weight is 764 g/mol. The lowest BCUT2D eigenvalue weighted by Crippen LogP contribution is -2.48. The smallest absolute Gasteiger partial charge is 0.115 e. The van der Waals surface area contributed by atoms with Crippen LogP contribution in [-0.4, -0.2) is 71.7 Å². The number of nitrogens with one attached hydrogen (secondary N) is 1. The number of fused-ring (bicyclic) bond motifs is 2. The quantitative estimate of drug-likeness (QED) is 0.181. The Kier molecular flexibility index (Phi) is 12.0. The SMILES string of the molecule is C=CNC(=C)CCC(C)N1Cc2cc(N3CCN(CC4CCN(C5=CC=C(C6c7ccc(O)cc7CCC6c6ccc(CC)cc6)CC5)CC4)CC3)ccc2C1=C. The summed E-state index contributed by atoms with van der Waals surface area (Å²) in [4.78, 5) is 10.5. The van der Waals surface area contributed by atoms with Crippen molar-refractivity contribution in [1.29, 1.82) is 0 Å². The van der Waals surface area contributed by atoms with Gasteiger partial charge in [-0.2, -0.15) is 0 Å². The first-order valence-electron chi connectivity index (χ1n) is 21.9. The first kappa shape index (κ1) is 39.2. The van der Waals surface area contributed by atoms with E-state index in [2.05, 4.69) is 119 Å². The predicted octanol–water partition coefficient (Wildman–Crippen LogP) is 10.1. The Bertz CT molecular complexity index is 1990. The van der Waals surface area contributed by atoms with Crippen LogP contribution in [0.1, 0.15) is 104 Å². The lowest BCUT2D eigenvalue weighted by molar-refractivity contribution is 0.156. The molecule has 3 aromatic rings. The highest BCUT2D eigenvalue weighted by Gasteiger charge is 2.35. The van der Waals surface area contributed by atoms with Crippen molar-refractivity contribution >= 4 is 11.4 Å². The molecule has 57 heavy (non-hydrogen) atoms. The number of nitrogens with zero attached hydrogens (tertiary/aromatic N) is 4. The van der Waals surface area contributed by atoms with Crippen LogP contribution in [0.2, 0.25) is 0 Å². The van der Waals surface area contributed by atoms with E-state index in [1.165, 1.54) is 77.2 Å². The Balaban J connectivity index is 0.828. The van der Waals surface area contributed by atoms with E-state index in [0.29, 0.717) is 23.6 Å². The molecule has 0 bridgehead atoms. The molecule has 6 heteroatoms. The summed E-state index contributed by atoms with van der Waals surface area (Å²) in [6.07, 6.45) is 16.6. The molecule has 5 aliphatic rings. The summed E-state index contributed by atoms with van der Waals surface area (Å²) in [6.45, 7) is 25.9. The Morgan fingerprint density at radius 3 is 2.39 bits per heavy atom. The van der Waals surface area contributed by atoms with Gasteiger partial charge in [0.25, 0.3) is 0 Å². The molecule has 0 aromatic heterocycles. The molecule has 0 amide bonds. The number of piperazine rings is 1. The van der Waals surface area contributed by atoms with Crippen LogP contribution in [0.4, 0.5) is 5.69 Å². The van der Waals surface area contributed by atoms with Crippen LogP contribution in [0.5, 0.6) is 5.75 Å². The van der Waals surface area contributed by atoms with Gasteiger partial charge in [0.1, 0.15) is 5.75 Å². The van der Waals surface area contributed by atoms with E-state index in [9.17, 15) is 5.11 Å². The summed E-state index contributed by atoms with van der Waals surface area (Å²) in [5.41, 5.74) is 14.9. The number of hydrogen-bond acceptors (Lipinski definition) is 6. The summed E-state index contributed by atoms with van der Waals surface area (Å²) < 4.78 is 0. The number of aromatic hydroxyl groups is 1. The van der Waals surface area contributed by atoms with Gasteiger partial charge < -0.3 is 25.1 Å². The zero-order valence-electron chi connectivity index (χ0n) is 34.7. The van der Waals surface area contributed by atoms with E-state index < -0.39 is 0 Å². The second-order valence-corrected chi connectivity index (χ2v) is 17.5. The number of piperidine rings is 1. The van der Waals surface area contributed by atoms with Gasteiger partial charge in [0, 0.05) is 92.7 Å². The predicted molar refractivity (Wildman–Crippen MR) is 238 cm³/mol. The molecule has 0 saturated carbocycles. The molecule has 300 valence electrons. The summed E-state index contributed by atoms with van der Waals surface area (Å²) in [5.74, 6) is 2.01. The Hall–Kier alpha value is -4.68. The van der Waals surface area contributed by atoms with Crippen LogP contribution < -0.4 is 10.2 Å². The molecule has 2 saturated heterocycles. The lowest BCUT2D eigenvalue weighted by Gasteiger charge is -2.41. The summed E-state index contributed by atoms with van der Waals surface area (Å²) in [5, 5.41) is 13.4. The maximum Gasteiger partial charge on any atom is 0.115 e. The van der Waals surface area contributed by atoms with Crippen molar-refractivity contribution in [3.05, 3.63) is 149 Å². The Morgan fingerprint density at radius 1 is 0.877 bits per heavy atom. The highest BCUT2D eigenvalue weighted by molar-refractivity contribution is 5.72. The van der Waals surface area contributed by atoms with Gasteiger partial charge in [-0.15, -0.1) is 0 Å². The molecule has 0 radical (unpaired) electrons. The molecule has 3 aromatic carbocycles. The van der Waals surface area contributed by atoms with Gasteiger partial charge in [-0.1, -0.05) is 74.7 Å². The minimum Gasteiger partial charge on any atom is -0.508 e. The number of phenolic OH excluding ortho intramolecular Hbond substituents is 1. The summed E-state index contributed by atoms with van der Waals surface area (Å²) >= 11 is 0. The number of likely N-dealkylation sites (tertiary alicyclic amines) is 1. The van der Waals surface area contributed by atoms with Crippen LogP contribution in [0.15, 0.2) is 116 Å². The Morgan fingerprint density at radius 2 is 1.67 bits per heavy atom. The van der Waals surface area contributed by atoms with Crippen molar-refractivity contribution in [3.63, 3.8) is 0 Å². The molecule has 3 unspecified atom stereocenters. The van der Waals surface area contributed by atoms with Crippen LogP contribution in [0.25, 0.3) is 5.70 Å². The topological polar surface area (TPSA) is 45.2 Å². The van der Waals surface area contributed by atoms with Crippen molar-refractivity contribution < 1.29 is 5.11 Å². The van der Waals surface area contributed by atoms with Crippen LogP contribution in [0.3, 0.4) is 0 Å². The third-order valence-corrected chi connectivity index (χ3v) is 14.0. The third-order valence-electron chi connectivity index (χ3n) is 14.0. The molecule has 3 heterocycles. The fourth-order valence-corrected chi connectivity index (χ4v) is 10.5. The monoisotopic (exact) mass is 764 g/mol. The first-order valence-corrected chi connectivity index (χ1v) is 21.9. The third kappa shape index (κ3) is 8.62. The molecule has 3 atom stereocenters. The molecule has 2 aliphatic carbocycles. The average Bonchev–Trinajstić information content (AvgIpc) is 3.58. The fraction of sp³-hybridized carbons (Fsp3) is 0.451. The molecule has 6 nitrogen and oxygen atoms in total. The van der Waals surface area contributed by atoms with Crippen LogP contribution in [-0.2, 0) is 19.4 Å².